The number of rotatable bonds is 26. The number of aliphatic carboxylic acids is 2. The fourth-order valence-corrected chi connectivity index (χ4v) is 6.19. The number of hydrogen-bond donors (Lipinski definition) is 8. The number of hydrogen-bond acceptors (Lipinski definition) is 12. The van der Waals surface area contributed by atoms with Crippen LogP contribution in [-0.4, -0.2) is 136 Å². The number of nitrogens with zero attached hydrogens (tertiary/aromatic N) is 1. The SMILES string of the molecule is C=CCOC(=O)CNC(=O)C(=O)C(CC(C)C)NC(=O)C1CCCN1C(=O)C(NC(=O)C(NC(=O)C(CCC(=O)O)NC(=O)C(CCC(=O)O)NC(C)=O)C(C)C)C(C)C. The summed E-state index contributed by atoms with van der Waals surface area (Å²) in [7, 11) is 0. The fraction of sp³-hybridized carbons (Fsp3) is 0.667. The number of esters is 1. The molecular formula is C39H61N7O14. The molecule has 7 amide bonds. The molecule has 0 saturated carbocycles. The maximum Gasteiger partial charge on any atom is 0.325 e. The van der Waals surface area contributed by atoms with Crippen molar-refractivity contribution in [3.8, 4) is 0 Å². The van der Waals surface area contributed by atoms with E-state index in [1.165, 1.54) is 11.0 Å². The number of ketones is 1. The lowest BCUT2D eigenvalue weighted by atomic mass is 9.98. The molecule has 0 aliphatic carbocycles. The predicted octanol–water partition coefficient (Wildman–Crippen LogP) is -1.08. The molecule has 336 valence electrons. The molecule has 8 N–H and O–H groups in total. The first-order valence-electron chi connectivity index (χ1n) is 19.8. The van der Waals surface area contributed by atoms with Crippen LogP contribution in [0.5, 0.6) is 0 Å². The molecule has 0 radical (unpaired) electrons. The number of carboxylic acids is 2. The topological polar surface area (TPSA) is 313 Å². The number of Topliss-reactive ketones (excluding diaryl/α,β-unsaturated/α-hetero) is 1. The molecule has 1 aliphatic rings. The second-order valence-electron chi connectivity index (χ2n) is 15.5. The summed E-state index contributed by atoms with van der Waals surface area (Å²) in [4.78, 5) is 141. The largest absolute Gasteiger partial charge is 0.481 e. The number of carboxylic acid groups (broad SMARTS) is 2. The lowest BCUT2D eigenvalue weighted by Gasteiger charge is -2.33. The maximum absolute atomic E-state index is 14.1. The van der Waals surface area contributed by atoms with Crippen LogP contribution in [0.1, 0.15) is 93.4 Å². The number of likely N-dealkylation sites (tertiary alicyclic amines) is 1. The molecule has 1 heterocycles. The Morgan fingerprint density at radius 2 is 1.27 bits per heavy atom. The van der Waals surface area contributed by atoms with Crippen LogP contribution >= 0.6 is 0 Å². The predicted molar refractivity (Wildman–Crippen MR) is 212 cm³/mol. The van der Waals surface area contributed by atoms with Gasteiger partial charge in [0.2, 0.25) is 41.2 Å². The molecule has 0 aromatic carbocycles. The lowest BCUT2D eigenvalue weighted by molar-refractivity contribution is -0.146. The highest BCUT2D eigenvalue weighted by atomic mass is 16.5. The molecule has 21 nitrogen and oxygen atoms in total. The first kappa shape index (κ1) is 52.1. The third-order valence-corrected chi connectivity index (χ3v) is 9.26. The van der Waals surface area contributed by atoms with Crippen molar-refractivity contribution in [1.82, 2.24) is 36.8 Å². The molecule has 1 saturated heterocycles. The quantitative estimate of drug-likeness (QED) is 0.0292. The van der Waals surface area contributed by atoms with Crippen LogP contribution in [0, 0.1) is 17.8 Å². The summed E-state index contributed by atoms with van der Waals surface area (Å²) >= 11 is 0. The zero-order valence-electron chi connectivity index (χ0n) is 35.3. The molecular weight excluding hydrogens is 790 g/mol. The smallest absolute Gasteiger partial charge is 0.325 e. The van der Waals surface area contributed by atoms with Crippen LogP contribution in [0.15, 0.2) is 12.7 Å². The van der Waals surface area contributed by atoms with E-state index in [1.807, 2.05) is 0 Å². The van der Waals surface area contributed by atoms with Crippen molar-refractivity contribution in [3.63, 3.8) is 0 Å². The van der Waals surface area contributed by atoms with Gasteiger partial charge in [-0.25, -0.2) is 0 Å². The van der Waals surface area contributed by atoms with Gasteiger partial charge in [-0.05, 0) is 49.9 Å². The van der Waals surface area contributed by atoms with Crippen molar-refractivity contribution in [3.05, 3.63) is 12.7 Å². The van der Waals surface area contributed by atoms with Crippen LogP contribution in [0.3, 0.4) is 0 Å². The second-order valence-corrected chi connectivity index (χ2v) is 15.5. The van der Waals surface area contributed by atoms with Crippen molar-refractivity contribution >= 4 is 65.0 Å². The Bertz CT molecular complexity index is 1610. The van der Waals surface area contributed by atoms with Gasteiger partial charge in [0.1, 0.15) is 43.4 Å². The van der Waals surface area contributed by atoms with Gasteiger partial charge in [0.15, 0.2) is 0 Å². The molecule has 1 fully saturated rings. The van der Waals surface area contributed by atoms with Gasteiger partial charge in [0, 0.05) is 26.3 Å². The summed E-state index contributed by atoms with van der Waals surface area (Å²) < 4.78 is 4.79. The van der Waals surface area contributed by atoms with Crippen LogP contribution in [0.4, 0.5) is 0 Å². The van der Waals surface area contributed by atoms with Gasteiger partial charge in [-0.1, -0.05) is 54.2 Å². The minimum absolute atomic E-state index is 0.0635. The van der Waals surface area contributed by atoms with E-state index in [4.69, 9.17) is 9.84 Å². The monoisotopic (exact) mass is 851 g/mol. The molecule has 1 rings (SSSR count). The Kier molecular flexibility index (Phi) is 22.2. The van der Waals surface area contributed by atoms with E-state index < -0.39 is 139 Å². The van der Waals surface area contributed by atoms with Crippen molar-refractivity contribution in [2.24, 2.45) is 17.8 Å². The molecule has 21 heteroatoms. The van der Waals surface area contributed by atoms with Crippen LogP contribution in [0.25, 0.3) is 0 Å². The summed E-state index contributed by atoms with van der Waals surface area (Å²) in [5, 5.41) is 33.0. The third-order valence-electron chi connectivity index (χ3n) is 9.26. The van der Waals surface area contributed by atoms with E-state index in [2.05, 4.69) is 38.5 Å². The third kappa shape index (κ3) is 17.9. The van der Waals surface area contributed by atoms with Gasteiger partial charge in [-0.3, -0.25) is 52.7 Å². The van der Waals surface area contributed by atoms with Gasteiger partial charge >= 0.3 is 17.9 Å². The molecule has 60 heavy (non-hydrogen) atoms. The summed E-state index contributed by atoms with van der Waals surface area (Å²) in [5.74, 6) is -11.6. The minimum atomic E-state index is -1.54. The Labute approximate surface area is 348 Å². The van der Waals surface area contributed by atoms with E-state index in [0.717, 1.165) is 6.92 Å². The molecule has 6 atom stereocenters. The van der Waals surface area contributed by atoms with E-state index in [1.54, 1.807) is 41.5 Å². The first-order chi connectivity index (χ1) is 28.0. The highest BCUT2D eigenvalue weighted by Gasteiger charge is 2.41. The van der Waals surface area contributed by atoms with Gasteiger partial charge in [-0.2, -0.15) is 0 Å². The molecule has 6 unspecified atom stereocenters. The molecule has 0 aromatic rings. The van der Waals surface area contributed by atoms with Crippen LogP contribution in [-0.2, 0) is 57.5 Å². The Balaban J connectivity index is 3.23. The number of nitrogens with one attached hydrogen (secondary N) is 6. The summed E-state index contributed by atoms with van der Waals surface area (Å²) in [6.07, 6.45) is 0.127. The summed E-state index contributed by atoms with van der Waals surface area (Å²) in [6, 6.07) is -7.83. The number of ether oxygens (including phenoxy) is 1. The van der Waals surface area contributed by atoms with E-state index >= 15 is 0 Å². The lowest BCUT2D eigenvalue weighted by Crippen LogP contribution is -2.61. The molecule has 0 bridgehead atoms. The minimum Gasteiger partial charge on any atom is -0.481 e. The fourth-order valence-electron chi connectivity index (χ4n) is 6.19. The molecule has 0 aromatic heterocycles. The standard InChI is InChI=1S/C39H61N7O14/c1-9-17-60-30(52)19-40-38(58)33(53)26(18-20(2)3)43-36(56)27-11-10-16-46(27)39(59)32(22(6)7)45-37(57)31(21(4)5)44-35(55)25(13-15-29(50)51)42-34(54)24(41-23(8)47)12-14-28(48)49/h9,20-22,24-27,31-32H,1,10-19H2,2-8H3,(H,40,58)(H,41,47)(H,42,54)(H,43,56)(H,44,55)(H,45,57)(H,48,49)(H,50,51). The second kappa shape index (κ2) is 25.6. The normalized spacial score (nSPS) is 16.0. The maximum atomic E-state index is 14.1. The van der Waals surface area contributed by atoms with Gasteiger partial charge in [0.25, 0.3) is 5.91 Å². The average Bonchev–Trinajstić information content (AvgIpc) is 3.66. The Morgan fingerprint density at radius 1 is 0.733 bits per heavy atom. The zero-order chi connectivity index (χ0) is 45.9. The van der Waals surface area contributed by atoms with E-state index in [-0.39, 0.29) is 38.3 Å². The number of amides is 7. The summed E-state index contributed by atoms with van der Waals surface area (Å²) in [5.41, 5.74) is 0. The zero-order valence-corrected chi connectivity index (χ0v) is 35.3. The highest BCUT2D eigenvalue weighted by Crippen LogP contribution is 2.22. The van der Waals surface area contributed by atoms with Gasteiger partial charge in [-0.15, -0.1) is 0 Å². The van der Waals surface area contributed by atoms with Gasteiger partial charge in [0.05, 0.1) is 6.04 Å². The molecule has 1 aliphatic heterocycles. The van der Waals surface area contributed by atoms with E-state index in [9.17, 15) is 57.8 Å². The van der Waals surface area contributed by atoms with Crippen LogP contribution in [0.2, 0.25) is 0 Å². The average molecular weight is 852 g/mol. The Hall–Kier alpha value is -5.89. The van der Waals surface area contributed by atoms with Crippen molar-refractivity contribution in [2.45, 2.75) is 130 Å². The summed E-state index contributed by atoms with van der Waals surface area (Å²) in [6.45, 7) is 14.0. The van der Waals surface area contributed by atoms with E-state index in [0.29, 0.717) is 6.42 Å². The van der Waals surface area contributed by atoms with Crippen molar-refractivity contribution in [1.29, 1.82) is 0 Å². The molecule has 0 spiro atoms. The number of carbonyl (C=O) groups is 11. The Morgan fingerprint density at radius 3 is 1.77 bits per heavy atom. The van der Waals surface area contributed by atoms with Crippen molar-refractivity contribution in [2.75, 3.05) is 19.7 Å². The first-order valence-corrected chi connectivity index (χ1v) is 19.8. The highest BCUT2D eigenvalue weighted by molar-refractivity contribution is 6.38. The van der Waals surface area contributed by atoms with Crippen LogP contribution < -0.4 is 31.9 Å². The van der Waals surface area contributed by atoms with Crippen molar-refractivity contribution < 1.29 is 67.7 Å². The number of carbonyl (C=O) groups excluding carboxylic acids is 9. The van der Waals surface area contributed by atoms with Gasteiger partial charge < -0.3 is 51.8 Å².